The van der Waals surface area contributed by atoms with Gasteiger partial charge in [0, 0.05) is 0 Å². The molecule has 0 atom stereocenters. The molecule has 0 spiro atoms. The minimum absolute atomic E-state index is 0.128. The lowest BCUT2D eigenvalue weighted by molar-refractivity contribution is 0.447. The summed E-state index contributed by atoms with van der Waals surface area (Å²) in [6, 6.07) is 0. The largest absolute Gasteiger partial charge is 0.494 e. The van der Waals surface area contributed by atoms with Gasteiger partial charge in [0.1, 0.15) is 5.56 Å². The zero-order chi connectivity index (χ0) is 10.8. The second kappa shape index (κ2) is 4.02. The van der Waals surface area contributed by atoms with Crippen LogP contribution in [-0.2, 0) is 0 Å². The summed E-state index contributed by atoms with van der Waals surface area (Å²) in [5.74, 6) is -0.128. The van der Waals surface area contributed by atoms with E-state index in [-0.39, 0.29) is 16.2 Å². The van der Waals surface area contributed by atoms with Gasteiger partial charge in [-0.15, -0.1) is 0 Å². The molecule has 80 valence electrons. The molecule has 0 aromatic carbocycles. The van der Waals surface area contributed by atoms with E-state index in [4.69, 9.17) is 12.2 Å². The van der Waals surface area contributed by atoms with E-state index in [1.807, 2.05) is 6.08 Å². The second-order valence-electron chi connectivity index (χ2n) is 3.61. The van der Waals surface area contributed by atoms with E-state index in [9.17, 15) is 9.90 Å². The zero-order valence-corrected chi connectivity index (χ0v) is 8.99. The fraction of sp³-hybridized carbons (Fsp3) is 0.400. The molecule has 0 saturated heterocycles. The van der Waals surface area contributed by atoms with Crippen LogP contribution in [-0.4, -0.2) is 15.1 Å². The minimum Gasteiger partial charge on any atom is -0.494 e. The quantitative estimate of drug-likeness (QED) is 0.640. The maximum atomic E-state index is 11.6. The number of hydrogen-bond donors (Lipinski definition) is 3. The van der Waals surface area contributed by atoms with Crippen molar-refractivity contribution in [3.8, 4) is 5.88 Å². The summed E-state index contributed by atoms with van der Waals surface area (Å²) in [4.78, 5) is 16.6. The Labute approximate surface area is 91.7 Å². The molecule has 0 bridgehead atoms. The number of aromatic nitrogens is 2. The van der Waals surface area contributed by atoms with Crippen molar-refractivity contribution in [2.24, 2.45) is 0 Å². The van der Waals surface area contributed by atoms with Crippen LogP contribution in [0, 0.1) is 4.77 Å². The number of aromatic hydroxyl groups is 1. The molecule has 0 amide bonds. The first-order valence-corrected chi connectivity index (χ1v) is 5.34. The number of allylic oxidation sites excluding steroid dienone is 2. The highest BCUT2D eigenvalue weighted by Crippen LogP contribution is 2.28. The fourth-order valence-corrected chi connectivity index (χ4v) is 2.03. The van der Waals surface area contributed by atoms with Gasteiger partial charge in [0.15, 0.2) is 4.77 Å². The summed E-state index contributed by atoms with van der Waals surface area (Å²) in [6.45, 7) is 0. The second-order valence-corrected chi connectivity index (χ2v) is 4.02. The summed E-state index contributed by atoms with van der Waals surface area (Å²) in [7, 11) is 0. The molecule has 15 heavy (non-hydrogen) atoms. The van der Waals surface area contributed by atoms with Gasteiger partial charge in [-0.25, -0.2) is 0 Å². The van der Waals surface area contributed by atoms with Gasteiger partial charge in [0.25, 0.3) is 5.56 Å². The number of aromatic amines is 2. The highest BCUT2D eigenvalue weighted by molar-refractivity contribution is 7.71. The molecule has 1 aliphatic rings. The van der Waals surface area contributed by atoms with Crippen molar-refractivity contribution in [1.29, 1.82) is 0 Å². The first-order chi connectivity index (χ1) is 7.18. The maximum Gasteiger partial charge on any atom is 0.263 e. The topological polar surface area (TPSA) is 68.9 Å². The SMILES string of the molecule is O=c1[nH]c(=S)[nH]c(O)c1C1=CCCCC1. The Bertz CT molecular complexity index is 513. The van der Waals surface area contributed by atoms with Gasteiger partial charge in [-0.1, -0.05) is 6.08 Å². The average Bonchev–Trinajstić information content (AvgIpc) is 2.17. The molecule has 1 aliphatic carbocycles. The van der Waals surface area contributed by atoms with Crippen LogP contribution in [0.3, 0.4) is 0 Å². The molecule has 1 heterocycles. The molecule has 1 aromatic rings. The molecule has 4 nitrogen and oxygen atoms in total. The minimum atomic E-state index is -0.315. The van der Waals surface area contributed by atoms with Gasteiger partial charge in [-0.2, -0.15) is 0 Å². The molecule has 0 saturated carbocycles. The molecule has 0 unspecified atom stereocenters. The third-order valence-corrected chi connectivity index (χ3v) is 2.74. The van der Waals surface area contributed by atoms with E-state index in [2.05, 4.69) is 9.97 Å². The van der Waals surface area contributed by atoms with Crippen molar-refractivity contribution in [3.05, 3.63) is 26.8 Å². The molecule has 1 aromatic heterocycles. The molecule has 5 heteroatoms. The van der Waals surface area contributed by atoms with Crippen molar-refractivity contribution in [3.63, 3.8) is 0 Å². The maximum absolute atomic E-state index is 11.6. The standard InChI is InChI=1S/C10H12N2O2S/c13-8-7(6-4-2-1-3-5-6)9(14)12-10(15)11-8/h4H,1-3,5H2,(H3,11,12,13,14,15). The number of rotatable bonds is 1. The van der Waals surface area contributed by atoms with Gasteiger partial charge in [-0.05, 0) is 43.5 Å². The summed E-state index contributed by atoms with van der Waals surface area (Å²) in [5.41, 5.74) is 0.930. The third kappa shape index (κ3) is 2.02. The van der Waals surface area contributed by atoms with E-state index >= 15 is 0 Å². The lowest BCUT2D eigenvalue weighted by Gasteiger charge is -2.12. The van der Waals surface area contributed by atoms with Gasteiger partial charge >= 0.3 is 0 Å². The summed E-state index contributed by atoms with van der Waals surface area (Å²) in [5, 5.41) is 9.64. The molecule has 0 aliphatic heterocycles. The van der Waals surface area contributed by atoms with Crippen molar-refractivity contribution < 1.29 is 5.11 Å². The zero-order valence-electron chi connectivity index (χ0n) is 8.17. The Morgan fingerprint density at radius 3 is 2.73 bits per heavy atom. The monoisotopic (exact) mass is 224 g/mol. The predicted octanol–water partition coefficient (Wildman–Crippen LogP) is 2.10. The smallest absolute Gasteiger partial charge is 0.263 e. The predicted molar refractivity (Wildman–Crippen MR) is 60.4 cm³/mol. The summed E-state index contributed by atoms with van der Waals surface area (Å²) < 4.78 is 0.151. The van der Waals surface area contributed by atoms with Crippen LogP contribution >= 0.6 is 12.2 Å². The Hall–Kier alpha value is -1.36. The van der Waals surface area contributed by atoms with Crippen molar-refractivity contribution in [2.75, 3.05) is 0 Å². The van der Waals surface area contributed by atoms with Crippen molar-refractivity contribution in [1.82, 2.24) is 9.97 Å². The van der Waals surface area contributed by atoms with Crippen LogP contribution in [0.2, 0.25) is 0 Å². The molecule has 0 radical (unpaired) electrons. The summed E-state index contributed by atoms with van der Waals surface area (Å²) >= 11 is 4.76. The van der Waals surface area contributed by atoms with Crippen LogP contribution in [0.25, 0.3) is 5.57 Å². The van der Waals surface area contributed by atoms with Gasteiger partial charge < -0.3 is 10.1 Å². The Morgan fingerprint density at radius 1 is 1.33 bits per heavy atom. The average molecular weight is 224 g/mol. The van der Waals surface area contributed by atoms with E-state index < -0.39 is 0 Å². The molecular formula is C10H12N2O2S. The fourth-order valence-electron chi connectivity index (χ4n) is 1.84. The normalized spacial score (nSPS) is 16.1. The highest BCUT2D eigenvalue weighted by atomic mass is 32.1. The first kappa shape index (κ1) is 10.2. The van der Waals surface area contributed by atoms with E-state index in [0.29, 0.717) is 5.56 Å². The van der Waals surface area contributed by atoms with E-state index in [1.165, 1.54) is 0 Å². The Morgan fingerprint density at radius 2 is 2.13 bits per heavy atom. The lowest BCUT2D eigenvalue weighted by atomic mass is 9.95. The lowest BCUT2D eigenvalue weighted by Crippen LogP contribution is -2.14. The van der Waals surface area contributed by atoms with Gasteiger partial charge in [-0.3, -0.25) is 9.78 Å². The Balaban J connectivity index is 2.57. The van der Waals surface area contributed by atoms with Gasteiger partial charge in [0.2, 0.25) is 5.88 Å². The molecule has 3 N–H and O–H groups in total. The van der Waals surface area contributed by atoms with Crippen LogP contribution in [0.5, 0.6) is 5.88 Å². The molecule has 2 rings (SSSR count). The van der Waals surface area contributed by atoms with Crippen LogP contribution < -0.4 is 5.56 Å². The number of hydrogen-bond acceptors (Lipinski definition) is 3. The van der Waals surface area contributed by atoms with Crippen LogP contribution in [0.15, 0.2) is 10.9 Å². The Kier molecular flexibility index (Phi) is 2.73. The third-order valence-electron chi connectivity index (χ3n) is 2.53. The van der Waals surface area contributed by atoms with Crippen LogP contribution in [0.1, 0.15) is 31.2 Å². The number of nitrogens with one attached hydrogen (secondary N) is 2. The highest BCUT2D eigenvalue weighted by Gasteiger charge is 2.14. The van der Waals surface area contributed by atoms with Crippen molar-refractivity contribution >= 4 is 17.8 Å². The molecular weight excluding hydrogens is 212 g/mol. The summed E-state index contributed by atoms with van der Waals surface area (Å²) in [6.07, 6.45) is 6.00. The van der Waals surface area contributed by atoms with Crippen molar-refractivity contribution in [2.45, 2.75) is 25.7 Å². The van der Waals surface area contributed by atoms with E-state index in [1.54, 1.807) is 0 Å². The number of H-pyrrole nitrogens is 2. The van der Waals surface area contributed by atoms with E-state index in [0.717, 1.165) is 31.3 Å². The molecule has 0 fully saturated rings. The van der Waals surface area contributed by atoms with Gasteiger partial charge in [0.05, 0.1) is 0 Å². The van der Waals surface area contributed by atoms with Crippen LogP contribution in [0.4, 0.5) is 0 Å². The first-order valence-electron chi connectivity index (χ1n) is 4.93.